The summed E-state index contributed by atoms with van der Waals surface area (Å²) < 4.78 is 0. The van der Waals surface area contributed by atoms with E-state index >= 15 is 0 Å². The molecule has 0 amide bonds. The average Bonchev–Trinajstić information content (AvgIpc) is 3.13. The Bertz CT molecular complexity index is 359. The van der Waals surface area contributed by atoms with E-state index < -0.39 is 0 Å². The fraction of sp³-hybridized carbons (Fsp3) is 0.667. The highest BCUT2D eigenvalue weighted by Gasteiger charge is 2.40. The summed E-state index contributed by atoms with van der Waals surface area (Å²) in [6.07, 6.45) is 7.40. The van der Waals surface area contributed by atoms with Crippen LogP contribution in [0.5, 0.6) is 0 Å². The Morgan fingerprint density at radius 3 is 2.56 bits per heavy atom. The van der Waals surface area contributed by atoms with Gasteiger partial charge in [0.2, 0.25) is 5.95 Å². The number of hydrogen-bond acceptors (Lipinski definition) is 4. The van der Waals surface area contributed by atoms with Crippen molar-refractivity contribution < 1.29 is 0 Å². The van der Waals surface area contributed by atoms with Crippen LogP contribution in [-0.4, -0.2) is 16.5 Å². The van der Waals surface area contributed by atoms with Crippen LogP contribution in [0.3, 0.4) is 0 Å². The van der Waals surface area contributed by atoms with Crippen LogP contribution in [0, 0.1) is 17.8 Å². The van der Waals surface area contributed by atoms with Crippen molar-refractivity contribution in [1.29, 1.82) is 0 Å². The number of nitrogens with zero attached hydrogens (tertiary/aromatic N) is 2. The maximum Gasteiger partial charge on any atom is 0.221 e. The van der Waals surface area contributed by atoms with Crippen molar-refractivity contribution in [3.8, 4) is 0 Å². The normalized spacial score (nSPS) is 20.1. The minimum absolute atomic E-state index is 0.347. The second-order valence-electron chi connectivity index (χ2n) is 5.02. The number of aromatic nitrogens is 2. The van der Waals surface area contributed by atoms with Crippen LogP contribution in [0.4, 0.5) is 11.8 Å². The van der Waals surface area contributed by atoms with Crippen LogP contribution in [0.1, 0.15) is 25.7 Å². The number of anilines is 2. The van der Waals surface area contributed by atoms with Crippen LogP contribution in [0.25, 0.3) is 0 Å². The van der Waals surface area contributed by atoms with Crippen LogP contribution < -0.4 is 11.1 Å². The van der Waals surface area contributed by atoms with Crippen molar-refractivity contribution in [3.05, 3.63) is 12.3 Å². The number of nitrogens with one attached hydrogen (secondary N) is 1. The maximum atomic E-state index is 5.55. The third kappa shape index (κ3) is 2.26. The fourth-order valence-corrected chi connectivity index (χ4v) is 2.46. The predicted octanol–water partition coefficient (Wildman–Crippen LogP) is 1.91. The predicted molar refractivity (Wildman–Crippen MR) is 63.9 cm³/mol. The molecule has 2 aliphatic carbocycles. The smallest absolute Gasteiger partial charge is 0.221 e. The van der Waals surface area contributed by atoms with Crippen molar-refractivity contribution >= 4 is 11.8 Å². The van der Waals surface area contributed by atoms with Crippen LogP contribution in [-0.2, 0) is 0 Å². The molecule has 0 aromatic carbocycles. The lowest BCUT2D eigenvalue weighted by atomic mass is 9.98. The molecule has 0 atom stereocenters. The number of hydrogen-bond donors (Lipinski definition) is 2. The quantitative estimate of drug-likeness (QED) is 0.792. The fourth-order valence-electron chi connectivity index (χ4n) is 2.46. The topological polar surface area (TPSA) is 63.8 Å². The van der Waals surface area contributed by atoms with Crippen molar-refractivity contribution in [3.63, 3.8) is 0 Å². The summed E-state index contributed by atoms with van der Waals surface area (Å²) in [6, 6.07) is 1.88. The number of nitrogens with two attached hydrogens (primary N) is 1. The molecule has 2 aliphatic rings. The second kappa shape index (κ2) is 3.92. The molecule has 4 nitrogen and oxygen atoms in total. The highest BCUT2D eigenvalue weighted by molar-refractivity contribution is 5.37. The molecule has 16 heavy (non-hydrogen) atoms. The second-order valence-corrected chi connectivity index (χ2v) is 5.02. The van der Waals surface area contributed by atoms with E-state index in [1.165, 1.54) is 25.7 Å². The van der Waals surface area contributed by atoms with Gasteiger partial charge in [-0.2, -0.15) is 4.98 Å². The van der Waals surface area contributed by atoms with E-state index in [0.717, 1.165) is 30.1 Å². The monoisotopic (exact) mass is 218 g/mol. The zero-order valence-corrected chi connectivity index (χ0v) is 9.39. The van der Waals surface area contributed by atoms with Gasteiger partial charge in [0, 0.05) is 12.7 Å². The largest absolute Gasteiger partial charge is 0.370 e. The molecule has 86 valence electrons. The third-order valence-corrected chi connectivity index (χ3v) is 3.65. The lowest BCUT2D eigenvalue weighted by molar-refractivity contribution is 0.427. The molecule has 1 aromatic rings. The summed E-state index contributed by atoms with van der Waals surface area (Å²) >= 11 is 0. The molecule has 4 heteroatoms. The molecule has 0 radical (unpaired) electrons. The van der Waals surface area contributed by atoms with Gasteiger partial charge in [0.25, 0.3) is 0 Å². The minimum Gasteiger partial charge on any atom is -0.370 e. The van der Waals surface area contributed by atoms with E-state index in [0.29, 0.717) is 5.95 Å². The Balaban J connectivity index is 1.58. The molecule has 1 aromatic heterocycles. The zero-order chi connectivity index (χ0) is 11.0. The van der Waals surface area contributed by atoms with Gasteiger partial charge in [-0.15, -0.1) is 0 Å². The first-order chi connectivity index (χ1) is 7.83. The van der Waals surface area contributed by atoms with Gasteiger partial charge in [0.05, 0.1) is 0 Å². The first-order valence-electron chi connectivity index (χ1n) is 6.15. The standard InChI is InChI=1S/C12H18N4/c13-12-14-6-5-11(16-12)15-7-10(8-1-2-8)9-3-4-9/h5-6,8-10H,1-4,7H2,(H3,13,14,15,16). The lowest BCUT2D eigenvalue weighted by Gasteiger charge is -2.16. The molecule has 0 unspecified atom stereocenters. The van der Waals surface area contributed by atoms with E-state index in [1.54, 1.807) is 6.20 Å². The number of rotatable bonds is 5. The van der Waals surface area contributed by atoms with Crippen molar-refractivity contribution in [1.82, 2.24) is 9.97 Å². The summed E-state index contributed by atoms with van der Waals surface area (Å²) in [5, 5.41) is 3.40. The van der Waals surface area contributed by atoms with Gasteiger partial charge in [-0.1, -0.05) is 0 Å². The Morgan fingerprint density at radius 1 is 1.31 bits per heavy atom. The SMILES string of the molecule is Nc1nccc(NCC(C2CC2)C2CC2)n1. The van der Waals surface area contributed by atoms with Gasteiger partial charge in [0.1, 0.15) is 5.82 Å². The van der Waals surface area contributed by atoms with E-state index in [-0.39, 0.29) is 0 Å². The first kappa shape index (κ1) is 9.87. The molecule has 0 spiro atoms. The van der Waals surface area contributed by atoms with Crippen LogP contribution in [0.15, 0.2) is 12.3 Å². The van der Waals surface area contributed by atoms with E-state index in [9.17, 15) is 0 Å². The summed E-state index contributed by atoms with van der Waals surface area (Å²) in [5.41, 5.74) is 5.55. The molecule has 3 N–H and O–H groups in total. The van der Waals surface area contributed by atoms with Crippen molar-refractivity contribution in [2.45, 2.75) is 25.7 Å². The van der Waals surface area contributed by atoms with Gasteiger partial charge in [0.15, 0.2) is 0 Å². The Morgan fingerprint density at radius 2 is 2.00 bits per heavy atom. The summed E-state index contributed by atoms with van der Waals surface area (Å²) in [7, 11) is 0. The van der Waals surface area contributed by atoms with Gasteiger partial charge < -0.3 is 11.1 Å². The van der Waals surface area contributed by atoms with E-state index in [1.807, 2.05) is 6.07 Å². The van der Waals surface area contributed by atoms with Gasteiger partial charge >= 0.3 is 0 Å². The van der Waals surface area contributed by atoms with Crippen LogP contribution >= 0.6 is 0 Å². The van der Waals surface area contributed by atoms with Crippen LogP contribution in [0.2, 0.25) is 0 Å². The van der Waals surface area contributed by atoms with Crippen molar-refractivity contribution in [2.24, 2.45) is 17.8 Å². The van der Waals surface area contributed by atoms with Crippen molar-refractivity contribution in [2.75, 3.05) is 17.6 Å². The Labute approximate surface area is 95.7 Å². The average molecular weight is 218 g/mol. The molecule has 0 bridgehead atoms. The maximum absolute atomic E-state index is 5.55. The van der Waals surface area contributed by atoms with E-state index in [2.05, 4.69) is 15.3 Å². The summed E-state index contributed by atoms with van der Waals surface area (Å²) in [6.45, 7) is 1.05. The van der Waals surface area contributed by atoms with Gasteiger partial charge in [-0.3, -0.25) is 0 Å². The van der Waals surface area contributed by atoms with Gasteiger partial charge in [-0.05, 0) is 49.5 Å². The Hall–Kier alpha value is -1.32. The summed E-state index contributed by atoms with van der Waals surface area (Å²) in [4.78, 5) is 8.05. The molecular weight excluding hydrogens is 200 g/mol. The Kier molecular flexibility index (Phi) is 2.42. The molecule has 1 heterocycles. The molecule has 3 rings (SSSR count). The minimum atomic E-state index is 0.347. The molecule has 2 fully saturated rings. The lowest BCUT2D eigenvalue weighted by Crippen LogP contribution is -2.19. The van der Waals surface area contributed by atoms with E-state index in [4.69, 9.17) is 5.73 Å². The zero-order valence-electron chi connectivity index (χ0n) is 9.39. The highest BCUT2D eigenvalue weighted by Crippen LogP contribution is 2.49. The third-order valence-electron chi connectivity index (χ3n) is 3.65. The summed E-state index contributed by atoms with van der Waals surface area (Å²) in [5.74, 6) is 4.01. The molecule has 2 saturated carbocycles. The highest BCUT2D eigenvalue weighted by atomic mass is 15.1. The molecule has 0 aliphatic heterocycles. The molecule has 0 saturated heterocycles. The van der Waals surface area contributed by atoms with Gasteiger partial charge in [-0.25, -0.2) is 4.98 Å². The molecular formula is C12H18N4. The first-order valence-corrected chi connectivity index (χ1v) is 6.15. The number of nitrogen functional groups attached to an aromatic ring is 1.